The minimum Gasteiger partial charge on any atom is -0.340 e. The van der Waals surface area contributed by atoms with Crippen LogP contribution in [-0.4, -0.2) is 33.3 Å². The molecule has 0 unspecified atom stereocenters. The Balaban J connectivity index is 1.60. The Morgan fingerprint density at radius 2 is 1.71 bits per heavy atom. The molecule has 9 heteroatoms. The molecule has 2 aromatic carbocycles. The number of nitrogens with zero attached hydrogens (tertiary/aromatic N) is 2. The fraction of sp³-hybridized carbons (Fsp3) is 0.273. The molecule has 31 heavy (non-hydrogen) atoms. The molecule has 0 fully saturated rings. The number of rotatable bonds is 6. The quantitative estimate of drug-likeness (QED) is 0.524. The summed E-state index contributed by atoms with van der Waals surface area (Å²) in [5.74, 6) is -2.22. The lowest BCUT2D eigenvalue weighted by molar-refractivity contribution is -0.130. The first-order valence-electron chi connectivity index (χ1n) is 9.82. The molecule has 0 aliphatic carbocycles. The van der Waals surface area contributed by atoms with Gasteiger partial charge < -0.3 is 9.88 Å². The van der Waals surface area contributed by atoms with Crippen molar-refractivity contribution in [2.24, 2.45) is 13.0 Å². The van der Waals surface area contributed by atoms with Gasteiger partial charge in [0.15, 0.2) is 0 Å². The number of benzene rings is 2. The molecule has 3 amide bonds. The zero-order valence-electron chi connectivity index (χ0n) is 17.5. The van der Waals surface area contributed by atoms with Crippen molar-refractivity contribution in [2.75, 3.05) is 0 Å². The van der Waals surface area contributed by atoms with E-state index in [9.17, 15) is 18.8 Å². The van der Waals surface area contributed by atoms with E-state index in [2.05, 4.69) is 21.2 Å². The highest BCUT2D eigenvalue weighted by Crippen LogP contribution is 2.14. The molecule has 3 N–H and O–H groups in total. The van der Waals surface area contributed by atoms with Gasteiger partial charge >= 0.3 is 0 Å². The van der Waals surface area contributed by atoms with E-state index >= 15 is 0 Å². The van der Waals surface area contributed by atoms with Gasteiger partial charge in [0.25, 0.3) is 11.8 Å². The highest BCUT2D eigenvalue weighted by Gasteiger charge is 2.26. The van der Waals surface area contributed by atoms with E-state index in [0.29, 0.717) is 5.82 Å². The van der Waals surface area contributed by atoms with E-state index in [4.69, 9.17) is 0 Å². The van der Waals surface area contributed by atoms with Crippen molar-refractivity contribution >= 4 is 28.8 Å². The number of hydrogen-bond acceptors (Lipinski definition) is 4. The van der Waals surface area contributed by atoms with Gasteiger partial charge in [0.1, 0.15) is 17.7 Å². The smallest absolute Gasteiger partial charge is 0.261 e. The third-order valence-corrected chi connectivity index (χ3v) is 4.88. The highest BCUT2D eigenvalue weighted by molar-refractivity contribution is 5.98. The van der Waals surface area contributed by atoms with Crippen LogP contribution in [0.2, 0.25) is 0 Å². The van der Waals surface area contributed by atoms with Crippen LogP contribution in [0.25, 0.3) is 11.0 Å². The third kappa shape index (κ3) is 5.06. The fourth-order valence-corrected chi connectivity index (χ4v) is 3.15. The molecule has 0 aliphatic rings. The number of imidazole rings is 1. The summed E-state index contributed by atoms with van der Waals surface area (Å²) in [6, 6.07) is 12.0. The summed E-state index contributed by atoms with van der Waals surface area (Å²) in [7, 11) is 1.81. The normalized spacial score (nSPS) is 11.9. The van der Waals surface area contributed by atoms with Crippen molar-refractivity contribution < 1.29 is 18.8 Å². The monoisotopic (exact) mass is 425 g/mol. The first-order valence-corrected chi connectivity index (χ1v) is 9.82. The van der Waals surface area contributed by atoms with Crippen molar-refractivity contribution in [1.29, 1.82) is 0 Å². The second-order valence-electron chi connectivity index (χ2n) is 7.46. The number of aromatic nitrogens is 2. The van der Waals surface area contributed by atoms with Crippen LogP contribution in [0.1, 0.15) is 30.0 Å². The number of amides is 3. The Morgan fingerprint density at radius 3 is 2.39 bits per heavy atom. The van der Waals surface area contributed by atoms with Gasteiger partial charge in [0.2, 0.25) is 5.91 Å². The first kappa shape index (κ1) is 21.9. The Bertz CT molecular complexity index is 1130. The van der Waals surface area contributed by atoms with Crippen LogP contribution >= 0.6 is 0 Å². The molecule has 0 radical (unpaired) electrons. The minimum absolute atomic E-state index is 0.0423. The van der Waals surface area contributed by atoms with Crippen molar-refractivity contribution in [3.63, 3.8) is 0 Å². The second kappa shape index (κ2) is 9.38. The molecule has 1 aromatic heterocycles. The van der Waals surface area contributed by atoms with Crippen molar-refractivity contribution in [2.45, 2.75) is 26.3 Å². The van der Waals surface area contributed by atoms with Gasteiger partial charge in [-0.1, -0.05) is 38.1 Å². The molecule has 3 aromatic rings. The molecule has 1 atom stereocenters. The molecule has 0 saturated carbocycles. The maximum absolute atomic E-state index is 13.8. The lowest BCUT2D eigenvalue weighted by Crippen LogP contribution is -2.54. The van der Waals surface area contributed by atoms with Crippen LogP contribution in [-0.2, 0) is 23.1 Å². The topological polar surface area (TPSA) is 105 Å². The maximum atomic E-state index is 13.8. The summed E-state index contributed by atoms with van der Waals surface area (Å²) in [6.07, 6.45) is -0.0423. The van der Waals surface area contributed by atoms with Gasteiger partial charge in [-0.3, -0.25) is 25.2 Å². The molecular weight excluding hydrogens is 401 g/mol. The number of nitrogens with one attached hydrogen (secondary N) is 3. The van der Waals surface area contributed by atoms with Gasteiger partial charge in [-0.2, -0.15) is 0 Å². The standard InChI is InChI=1S/C22H24FN5O3/c1-13(2)20(25-21(30)14-8-4-5-9-15(14)23)22(31)27-26-19(29)12-18-24-16-10-6-7-11-17(16)28(18)3/h4-11,13,20H,12H2,1-3H3,(H,25,30)(H,26,29)(H,27,31)/t20-/m1/s1. The molecule has 162 valence electrons. The predicted octanol–water partition coefficient (Wildman–Crippen LogP) is 1.86. The van der Waals surface area contributed by atoms with E-state index in [1.54, 1.807) is 13.8 Å². The van der Waals surface area contributed by atoms with Crippen molar-refractivity contribution in [3.05, 3.63) is 65.7 Å². The molecule has 0 spiro atoms. The molecule has 3 rings (SSSR count). The number of hydrogen-bond donors (Lipinski definition) is 3. The molecule has 0 bridgehead atoms. The summed E-state index contributed by atoms with van der Waals surface area (Å²) in [6.45, 7) is 3.46. The number of halogens is 1. The number of hydrazine groups is 1. The highest BCUT2D eigenvalue weighted by atomic mass is 19.1. The van der Waals surface area contributed by atoms with Gasteiger partial charge in [-0.15, -0.1) is 0 Å². The first-order chi connectivity index (χ1) is 14.8. The second-order valence-corrected chi connectivity index (χ2v) is 7.46. The lowest BCUT2D eigenvalue weighted by Gasteiger charge is -2.22. The minimum atomic E-state index is -0.969. The van der Waals surface area contributed by atoms with Crippen LogP contribution in [0.3, 0.4) is 0 Å². The van der Waals surface area contributed by atoms with E-state index in [-0.39, 0.29) is 17.9 Å². The van der Waals surface area contributed by atoms with Gasteiger partial charge in [0, 0.05) is 7.05 Å². The Morgan fingerprint density at radius 1 is 1.03 bits per heavy atom. The number of carbonyl (C=O) groups is 3. The number of aryl methyl sites for hydroxylation is 1. The predicted molar refractivity (Wildman–Crippen MR) is 113 cm³/mol. The van der Waals surface area contributed by atoms with Crippen molar-refractivity contribution in [1.82, 2.24) is 25.7 Å². The summed E-state index contributed by atoms with van der Waals surface area (Å²) in [5, 5.41) is 2.51. The average Bonchev–Trinajstić information content (AvgIpc) is 3.05. The third-order valence-electron chi connectivity index (χ3n) is 4.88. The summed E-state index contributed by atoms with van der Waals surface area (Å²) in [4.78, 5) is 41.6. The molecule has 0 saturated heterocycles. The maximum Gasteiger partial charge on any atom is 0.261 e. The zero-order valence-corrected chi connectivity index (χ0v) is 17.5. The average molecular weight is 425 g/mol. The van der Waals surface area contributed by atoms with Gasteiger partial charge in [-0.05, 0) is 30.2 Å². The van der Waals surface area contributed by atoms with Gasteiger partial charge in [-0.25, -0.2) is 9.37 Å². The molecule has 8 nitrogen and oxygen atoms in total. The zero-order chi connectivity index (χ0) is 22.5. The van der Waals surface area contributed by atoms with Crippen LogP contribution < -0.4 is 16.2 Å². The van der Waals surface area contributed by atoms with Gasteiger partial charge in [0.05, 0.1) is 23.0 Å². The van der Waals surface area contributed by atoms with Crippen LogP contribution in [0.5, 0.6) is 0 Å². The van der Waals surface area contributed by atoms with Crippen LogP contribution in [0, 0.1) is 11.7 Å². The van der Waals surface area contributed by atoms with Crippen molar-refractivity contribution in [3.8, 4) is 0 Å². The fourth-order valence-electron chi connectivity index (χ4n) is 3.15. The Hall–Kier alpha value is -3.75. The van der Waals surface area contributed by atoms with Crippen LogP contribution in [0.4, 0.5) is 4.39 Å². The summed E-state index contributed by atoms with van der Waals surface area (Å²) < 4.78 is 15.6. The van der Waals surface area contributed by atoms with E-state index in [1.807, 2.05) is 35.9 Å². The Kier molecular flexibility index (Phi) is 6.64. The summed E-state index contributed by atoms with van der Waals surface area (Å²) >= 11 is 0. The molecular formula is C22H24FN5O3. The largest absolute Gasteiger partial charge is 0.340 e. The van der Waals surface area contributed by atoms with E-state index in [0.717, 1.165) is 11.0 Å². The molecule has 1 heterocycles. The summed E-state index contributed by atoms with van der Waals surface area (Å²) in [5.41, 5.74) is 6.17. The van der Waals surface area contributed by atoms with E-state index in [1.165, 1.54) is 24.3 Å². The van der Waals surface area contributed by atoms with E-state index < -0.39 is 29.6 Å². The SMILES string of the molecule is CC(C)[C@@H](NC(=O)c1ccccc1F)C(=O)NNC(=O)Cc1nc2ccccc2n1C. The molecule has 0 aliphatic heterocycles. The number of para-hydroxylation sites is 2. The number of fused-ring (bicyclic) bond motifs is 1. The lowest BCUT2D eigenvalue weighted by atomic mass is 10.0. The number of carbonyl (C=O) groups excluding carboxylic acids is 3. The van der Waals surface area contributed by atoms with Crippen LogP contribution in [0.15, 0.2) is 48.5 Å². The Labute approximate surface area is 178 Å².